The second kappa shape index (κ2) is 9.57. The third-order valence-electron chi connectivity index (χ3n) is 3.52. The summed E-state index contributed by atoms with van der Waals surface area (Å²) >= 11 is 0. The molecule has 0 fully saturated rings. The van der Waals surface area contributed by atoms with E-state index < -0.39 is 0 Å². The summed E-state index contributed by atoms with van der Waals surface area (Å²) in [5, 5.41) is 6.00. The highest BCUT2D eigenvalue weighted by Crippen LogP contribution is 2.17. The van der Waals surface area contributed by atoms with Crippen molar-refractivity contribution in [1.82, 2.24) is 5.32 Å². The SMILES string of the molecule is COc1ccc(CNC(=O)CNc2cccc(OCC(C)C)c2)cc1. The lowest BCUT2D eigenvalue weighted by molar-refractivity contribution is -0.119. The van der Waals surface area contributed by atoms with Crippen molar-refractivity contribution < 1.29 is 14.3 Å². The van der Waals surface area contributed by atoms with Crippen molar-refractivity contribution in [3.8, 4) is 11.5 Å². The highest BCUT2D eigenvalue weighted by Gasteiger charge is 2.03. The minimum absolute atomic E-state index is 0.0654. The maximum atomic E-state index is 12.0. The van der Waals surface area contributed by atoms with Crippen LogP contribution in [0.4, 0.5) is 5.69 Å². The molecule has 0 atom stereocenters. The molecule has 0 saturated heterocycles. The molecule has 5 nitrogen and oxygen atoms in total. The smallest absolute Gasteiger partial charge is 0.239 e. The van der Waals surface area contributed by atoms with E-state index in [0.717, 1.165) is 22.7 Å². The predicted molar refractivity (Wildman–Crippen MR) is 100 cm³/mol. The van der Waals surface area contributed by atoms with Gasteiger partial charge in [0.1, 0.15) is 11.5 Å². The van der Waals surface area contributed by atoms with Crippen LogP contribution in [0.1, 0.15) is 19.4 Å². The van der Waals surface area contributed by atoms with E-state index in [1.165, 1.54) is 0 Å². The van der Waals surface area contributed by atoms with E-state index in [9.17, 15) is 4.79 Å². The van der Waals surface area contributed by atoms with E-state index in [2.05, 4.69) is 24.5 Å². The third kappa shape index (κ3) is 6.75. The summed E-state index contributed by atoms with van der Waals surface area (Å²) in [6.45, 7) is 5.59. The van der Waals surface area contributed by atoms with Gasteiger partial charge in [-0.15, -0.1) is 0 Å². The minimum atomic E-state index is -0.0654. The maximum Gasteiger partial charge on any atom is 0.239 e. The van der Waals surface area contributed by atoms with Crippen LogP contribution in [0, 0.1) is 5.92 Å². The van der Waals surface area contributed by atoms with Crippen LogP contribution >= 0.6 is 0 Å². The zero-order chi connectivity index (χ0) is 18.1. The zero-order valence-corrected chi connectivity index (χ0v) is 15.0. The summed E-state index contributed by atoms with van der Waals surface area (Å²) < 4.78 is 10.8. The van der Waals surface area contributed by atoms with Crippen molar-refractivity contribution in [1.29, 1.82) is 0 Å². The standard InChI is InChI=1S/C20H26N2O3/c1-15(2)14-25-19-6-4-5-17(11-19)21-13-20(23)22-12-16-7-9-18(24-3)10-8-16/h4-11,15,21H,12-14H2,1-3H3,(H,22,23). The van der Waals surface area contributed by atoms with Gasteiger partial charge in [-0.3, -0.25) is 4.79 Å². The fourth-order valence-electron chi connectivity index (χ4n) is 2.15. The zero-order valence-electron chi connectivity index (χ0n) is 15.0. The quantitative estimate of drug-likeness (QED) is 0.733. The van der Waals surface area contributed by atoms with E-state index in [4.69, 9.17) is 9.47 Å². The molecule has 0 saturated carbocycles. The van der Waals surface area contributed by atoms with Gasteiger partial charge in [0.15, 0.2) is 0 Å². The van der Waals surface area contributed by atoms with Gasteiger partial charge in [0, 0.05) is 18.3 Å². The molecule has 0 heterocycles. The number of carbonyl (C=O) groups excluding carboxylic acids is 1. The molecule has 0 aliphatic rings. The molecule has 0 aliphatic heterocycles. The molecule has 0 spiro atoms. The number of hydrogen-bond acceptors (Lipinski definition) is 4. The Morgan fingerprint density at radius 3 is 2.52 bits per heavy atom. The fourth-order valence-corrected chi connectivity index (χ4v) is 2.15. The first-order valence-electron chi connectivity index (χ1n) is 8.43. The van der Waals surface area contributed by atoms with Gasteiger partial charge in [-0.25, -0.2) is 0 Å². The number of benzene rings is 2. The van der Waals surface area contributed by atoms with E-state index >= 15 is 0 Å². The average Bonchev–Trinajstić information content (AvgIpc) is 2.63. The molecule has 2 aromatic rings. The Labute approximate surface area is 149 Å². The van der Waals surface area contributed by atoms with Crippen molar-refractivity contribution in [3.63, 3.8) is 0 Å². The minimum Gasteiger partial charge on any atom is -0.497 e. The molecule has 0 radical (unpaired) electrons. The molecule has 0 unspecified atom stereocenters. The first kappa shape index (κ1) is 18.6. The van der Waals surface area contributed by atoms with Crippen molar-refractivity contribution in [3.05, 3.63) is 54.1 Å². The lowest BCUT2D eigenvalue weighted by Crippen LogP contribution is -2.29. The van der Waals surface area contributed by atoms with Gasteiger partial charge >= 0.3 is 0 Å². The number of ether oxygens (including phenoxy) is 2. The first-order chi connectivity index (χ1) is 12.1. The molecule has 5 heteroatoms. The molecule has 0 aliphatic carbocycles. The number of hydrogen-bond donors (Lipinski definition) is 2. The molecule has 2 aromatic carbocycles. The van der Waals surface area contributed by atoms with Crippen molar-refractivity contribution in [2.45, 2.75) is 20.4 Å². The number of rotatable bonds is 9. The second-order valence-electron chi connectivity index (χ2n) is 6.21. The van der Waals surface area contributed by atoms with Gasteiger partial charge in [0.2, 0.25) is 5.91 Å². The van der Waals surface area contributed by atoms with Crippen molar-refractivity contribution in [2.75, 3.05) is 25.6 Å². The largest absolute Gasteiger partial charge is 0.497 e. The van der Waals surface area contributed by atoms with Crippen LogP contribution in [0.3, 0.4) is 0 Å². The van der Waals surface area contributed by atoms with Gasteiger partial charge in [-0.2, -0.15) is 0 Å². The average molecular weight is 342 g/mol. The van der Waals surface area contributed by atoms with Gasteiger partial charge in [-0.05, 0) is 35.7 Å². The van der Waals surface area contributed by atoms with Crippen LogP contribution in [0.2, 0.25) is 0 Å². The topological polar surface area (TPSA) is 59.6 Å². The molecule has 2 N–H and O–H groups in total. The number of amides is 1. The van der Waals surface area contributed by atoms with Gasteiger partial charge in [0.05, 0.1) is 20.3 Å². The molecule has 25 heavy (non-hydrogen) atoms. The normalized spacial score (nSPS) is 10.4. The summed E-state index contributed by atoms with van der Waals surface area (Å²) in [6.07, 6.45) is 0. The van der Waals surface area contributed by atoms with E-state index in [-0.39, 0.29) is 12.5 Å². The third-order valence-corrected chi connectivity index (χ3v) is 3.52. The van der Waals surface area contributed by atoms with Crippen LogP contribution in [-0.2, 0) is 11.3 Å². The summed E-state index contributed by atoms with van der Waals surface area (Å²) in [7, 11) is 1.63. The number of anilines is 1. The van der Waals surface area contributed by atoms with E-state index in [0.29, 0.717) is 19.1 Å². The highest BCUT2D eigenvalue weighted by atomic mass is 16.5. The fraction of sp³-hybridized carbons (Fsp3) is 0.350. The Kier molecular flexibility index (Phi) is 7.14. The van der Waals surface area contributed by atoms with Crippen LogP contribution in [0.25, 0.3) is 0 Å². The Hall–Kier alpha value is -2.69. The monoisotopic (exact) mass is 342 g/mol. The molecular weight excluding hydrogens is 316 g/mol. The van der Waals surface area contributed by atoms with Crippen LogP contribution in [-0.4, -0.2) is 26.2 Å². The number of nitrogens with one attached hydrogen (secondary N) is 2. The lowest BCUT2D eigenvalue weighted by Gasteiger charge is -2.11. The molecule has 0 bridgehead atoms. The highest BCUT2D eigenvalue weighted by molar-refractivity contribution is 5.80. The summed E-state index contributed by atoms with van der Waals surface area (Å²) in [5.41, 5.74) is 1.89. The Morgan fingerprint density at radius 2 is 1.84 bits per heavy atom. The Bertz CT molecular complexity index is 669. The van der Waals surface area contributed by atoms with Gasteiger partial charge in [0.25, 0.3) is 0 Å². The predicted octanol–water partition coefficient (Wildman–Crippen LogP) is 3.46. The molecule has 134 valence electrons. The molecule has 0 aromatic heterocycles. The molecular formula is C20H26N2O3. The number of methoxy groups -OCH3 is 1. The van der Waals surface area contributed by atoms with E-state index in [1.54, 1.807) is 7.11 Å². The van der Waals surface area contributed by atoms with Crippen LogP contribution < -0.4 is 20.1 Å². The second-order valence-corrected chi connectivity index (χ2v) is 6.21. The van der Waals surface area contributed by atoms with Crippen LogP contribution in [0.5, 0.6) is 11.5 Å². The Balaban J connectivity index is 1.76. The summed E-state index contributed by atoms with van der Waals surface area (Å²) in [5.74, 6) is 2.01. The van der Waals surface area contributed by atoms with Crippen molar-refractivity contribution >= 4 is 11.6 Å². The van der Waals surface area contributed by atoms with E-state index in [1.807, 2.05) is 48.5 Å². The lowest BCUT2D eigenvalue weighted by atomic mass is 10.2. The van der Waals surface area contributed by atoms with Gasteiger partial charge in [-0.1, -0.05) is 32.0 Å². The Morgan fingerprint density at radius 1 is 1.08 bits per heavy atom. The summed E-state index contributed by atoms with van der Waals surface area (Å²) in [6, 6.07) is 15.3. The number of carbonyl (C=O) groups is 1. The first-order valence-corrected chi connectivity index (χ1v) is 8.43. The maximum absolute atomic E-state index is 12.0. The molecule has 2 rings (SSSR count). The summed E-state index contributed by atoms with van der Waals surface area (Å²) in [4.78, 5) is 12.0. The van der Waals surface area contributed by atoms with Crippen LogP contribution in [0.15, 0.2) is 48.5 Å². The molecule has 1 amide bonds. The van der Waals surface area contributed by atoms with Crippen molar-refractivity contribution in [2.24, 2.45) is 5.92 Å². The van der Waals surface area contributed by atoms with Gasteiger partial charge < -0.3 is 20.1 Å².